The summed E-state index contributed by atoms with van der Waals surface area (Å²) in [5.74, 6) is -2.87. The maximum atomic E-state index is 12.1. The van der Waals surface area contributed by atoms with Crippen LogP contribution in [-0.4, -0.2) is 34.1 Å². The summed E-state index contributed by atoms with van der Waals surface area (Å²) in [6.07, 6.45) is -0.471. The molecule has 1 aromatic carbocycles. The Bertz CT molecular complexity index is 544. The summed E-state index contributed by atoms with van der Waals surface area (Å²) in [5.41, 5.74) is 1.29. The van der Waals surface area contributed by atoms with Crippen molar-refractivity contribution in [2.24, 2.45) is 0 Å². The summed E-state index contributed by atoms with van der Waals surface area (Å²) in [6, 6.07) is 3.94. The van der Waals surface area contributed by atoms with E-state index in [1.54, 1.807) is 12.1 Å². The molecule has 3 N–H and O–H groups in total. The van der Waals surface area contributed by atoms with Crippen LogP contribution in [0.4, 0.5) is 0 Å². The topological polar surface area (TPSA) is 104 Å². The van der Waals surface area contributed by atoms with Gasteiger partial charge in [-0.05, 0) is 47.6 Å². The molecule has 0 spiro atoms. The van der Waals surface area contributed by atoms with Gasteiger partial charge in [-0.2, -0.15) is 0 Å². The predicted octanol–water partition coefficient (Wildman–Crippen LogP) is 1.65. The molecule has 7 heteroatoms. The number of aliphatic carboxylic acids is 2. The fourth-order valence-corrected chi connectivity index (χ4v) is 2.19. The SMILES string of the molecule is Cc1cccc(C(=O)N[C@@H](CCC(=O)O)C(=O)O)c1I. The number of hydrogen-bond acceptors (Lipinski definition) is 3. The van der Waals surface area contributed by atoms with Crippen molar-refractivity contribution in [3.63, 3.8) is 0 Å². The summed E-state index contributed by atoms with van der Waals surface area (Å²) >= 11 is 2.01. The molecule has 0 aliphatic carbocycles. The first-order valence-electron chi connectivity index (χ1n) is 5.83. The highest BCUT2D eigenvalue weighted by molar-refractivity contribution is 14.1. The number of benzene rings is 1. The molecular weight excluding hydrogens is 377 g/mol. The van der Waals surface area contributed by atoms with Crippen molar-refractivity contribution in [3.05, 3.63) is 32.9 Å². The number of aryl methyl sites for hydroxylation is 1. The average Bonchev–Trinajstić information content (AvgIpc) is 2.36. The molecule has 20 heavy (non-hydrogen) atoms. The van der Waals surface area contributed by atoms with Crippen molar-refractivity contribution in [3.8, 4) is 0 Å². The molecule has 0 heterocycles. The van der Waals surface area contributed by atoms with E-state index in [1.807, 2.05) is 35.6 Å². The zero-order valence-electron chi connectivity index (χ0n) is 10.7. The number of carboxylic acids is 2. The lowest BCUT2D eigenvalue weighted by Crippen LogP contribution is -2.41. The number of halogens is 1. The third kappa shape index (κ3) is 4.48. The van der Waals surface area contributed by atoms with E-state index in [0.717, 1.165) is 9.13 Å². The summed E-state index contributed by atoms with van der Waals surface area (Å²) < 4.78 is 0.741. The second-order valence-electron chi connectivity index (χ2n) is 4.23. The Kier molecular flexibility index (Phi) is 5.93. The molecule has 0 aliphatic rings. The van der Waals surface area contributed by atoms with Gasteiger partial charge in [-0.3, -0.25) is 9.59 Å². The lowest BCUT2D eigenvalue weighted by Gasteiger charge is -2.14. The Morgan fingerprint density at radius 3 is 2.50 bits per heavy atom. The zero-order chi connectivity index (χ0) is 15.3. The maximum Gasteiger partial charge on any atom is 0.326 e. The first-order valence-corrected chi connectivity index (χ1v) is 6.91. The first-order chi connectivity index (χ1) is 9.32. The Labute approximate surface area is 129 Å². The second-order valence-corrected chi connectivity index (χ2v) is 5.31. The van der Waals surface area contributed by atoms with E-state index < -0.39 is 23.9 Å². The summed E-state index contributed by atoms with van der Waals surface area (Å²) in [5, 5.41) is 19.9. The van der Waals surface area contributed by atoms with Gasteiger partial charge in [0.2, 0.25) is 0 Å². The lowest BCUT2D eigenvalue weighted by molar-refractivity contribution is -0.140. The number of carbonyl (C=O) groups is 3. The van der Waals surface area contributed by atoms with E-state index in [0.29, 0.717) is 5.56 Å². The van der Waals surface area contributed by atoms with Gasteiger partial charge in [0.05, 0.1) is 5.56 Å². The lowest BCUT2D eigenvalue weighted by atomic mass is 10.1. The fraction of sp³-hybridized carbons (Fsp3) is 0.308. The average molecular weight is 391 g/mol. The molecule has 0 bridgehead atoms. The van der Waals surface area contributed by atoms with Crippen molar-refractivity contribution < 1.29 is 24.6 Å². The van der Waals surface area contributed by atoms with Gasteiger partial charge in [0, 0.05) is 9.99 Å². The van der Waals surface area contributed by atoms with Crippen LogP contribution in [-0.2, 0) is 9.59 Å². The molecule has 0 radical (unpaired) electrons. The van der Waals surface area contributed by atoms with E-state index >= 15 is 0 Å². The molecule has 0 saturated heterocycles. The molecule has 6 nitrogen and oxygen atoms in total. The van der Waals surface area contributed by atoms with Crippen molar-refractivity contribution in [1.29, 1.82) is 0 Å². The van der Waals surface area contributed by atoms with Crippen LogP contribution in [0.5, 0.6) is 0 Å². The van der Waals surface area contributed by atoms with Crippen molar-refractivity contribution >= 4 is 40.4 Å². The Morgan fingerprint density at radius 2 is 1.95 bits per heavy atom. The third-order valence-corrected chi connectivity index (χ3v) is 4.12. The van der Waals surface area contributed by atoms with Crippen molar-refractivity contribution in [2.75, 3.05) is 0 Å². The monoisotopic (exact) mass is 391 g/mol. The van der Waals surface area contributed by atoms with Gasteiger partial charge in [-0.25, -0.2) is 4.79 Å². The highest BCUT2D eigenvalue weighted by Gasteiger charge is 2.22. The Balaban J connectivity index is 2.83. The van der Waals surface area contributed by atoms with Crippen LogP contribution in [0.2, 0.25) is 0 Å². The van der Waals surface area contributed by atoms with E-state index in [4.69, 9.17) is 10.2 Å². The Morgan fingerprint density at radius 1 is 1.30 bits per heavy atom. The van der Waals surface area contributed by atoms with Gasteiger partial charge in [-0.1, -0.05) is 12.1 Å². The van der Waals surface area contributed by atoms with Crippen LogP contribution in [0.25, 0.3) is 0 Å². The zero-order valence-corrected chi connectivity index (χ0v) is 12.9. The van der Waals surface area contributed by atoms with Crippen LogP contribution in [0.15, 0.2) is 18.2 Å². The predicted molar refractivity (Wildman–Crippen MR) is 79.7 cm³/mol. The molecule has 0 unspecified atom stereocenters. The molecular formula is C13H14INO5. The van der Waals surface area contributed by atoms with E-state index in [1.165, 1.54) is 0 Å². The summed E-state index contributed by atoms with van der Waals surface area (Å²) in [4.78, 5) is 33.5. The molecule has 1 amide bonds. The van der Waals surface area contributed by atoms with Crippen LogP contribution < -0.4 is 5.32 Å². The second kappa shape index (κ2) is 7.22. The standard InChI is InChI=1S/C13H14INO5/c1-7-3-2-4-8(11(7)14)12(18)15-9(13(19)20)5-6-10(16)17/h2-4,9H,5-6H2,1H3,(H,15,18)(H,16,17)(H,19,20)/t9-/m0/s1. The van der Waals surface area contributed by atoms with Gasteiger partial charge < -0.3 is 15.5 Å². The largest absolute Gasteiger partial charge is 0.481 e. The van der Waals surface area contributed by atoms with Crippen LogP contribution in [0.3, 0.4) is 0 Å². The molecule has 108 valence electrons. The molecule has 0 saturated carbocycles. The van der Waals surface area contributed by atoms with Gasteiger partial charge in [0.15, 0.2) is 0 Å². The van der Waals surface area contributed by atoms with Crippen molar-refractivity contribution in [2.45, 2.75) is 25.8 Å². The number of carbonyl (C=O) groups excluding carboxylic acids is 1. The summed E-state index contributed by atoms with van der Waals surface area (Å²) in [7, 11) is 0. The van der Waals surface area contributed by atoms with Gasteiger partial charge >= 0.3 is 11.9 Å². The number of nitrogens with one attached hydrogen (secondary N) is 1. The highest BCUT2D eigenvalue weighted by atomic mass is 127. The fourth-order valence-electron chi connectivity index (χ4n) is 1.58. The van der Waals surface area contributed by atoms with E-state index in [9.17, 15) is 14.4 Å². The van der Waals surface area contributed by atoms with Crippen LogP contribution in [0, 0.1) is 10.5 Å². The third-order valence-electron chi connectivity index (χ3n) is 2.69. The quantitative estimate of drug-likeness (QED) is 0.640. The molecule has 0 aliphatic heterocycles. The minimum absolute atomic E-state index is 0.154. The van der Waals surface area contributed by atoms with E-state index in [-0.39, 0.29) is 12.8 Å². The minimum Gasteiger partial charge on any atom is -0.481 e. The van der Waals surface area contributed by atoms with Crippen LogP contribution >= 0.6 is 22.6 Å². The minimum atomic E-state index is -1.25. The molecule has 1 rings (SSSR count). The normalized spacial score (nSPS) is 11.7. The molecule has 1 atom stereocenters. The maximum absolute atomic E-state index is 12.1. The molecule has 1 aromatic rings. The van der Waals surface area contributed by atoms with E-state index in [2.05, 4.69) is 5.32 Å². The van der Waals surface area contributed by atoms with Gasteiger partial charge in [0.25, 0.3) is 5.91 Å². The smallest absolute Gasteiger partial charge is 0.326 e. The number of amides is 1. The summed E-state index contributed by atoms with van der Waals surface area (Å²) in [6.45, 7) is 1.84. The molecule has 0 aromatic heterocycles. The van der Waals surface area contributed by atoms with Crippen LogP contribution in [0.1, 0.15) is 28.8 Å². The molecule has 0 fully saturated rings. The number of rotatable bonds is 6. The van der Waals surface area contributed by atoms with Gasteiger partial charge in [-0.15, -0.1) is 0 Å². The highest BCUT2D eigenvalue weighted by Crippen LogP contribution is 2.16. The first kappa shape index (κ1) is 16.4. The number of carboxylic acid groups (broad SMARTS) is 2. The number of hydrogen-bond donors (Lipinski definition) is 3. The Hall–Kier alpha value is -1.64. The van der Waals surface area contributed by atoms with Gasteiger partial charge in [0.1, 0.15) is 6.04 Å². The van der Waals surface area contributed by atoms with Crippen molar-refractivity contribution in [1.82, 2.24) is 5.32 Å².